The van der Waals surface area contributed by atoms with Gasteiger partial charge in [0.15, 0.2) is 0 Å². The van der Waals surface area contributed by atoms with Gasteiger partial charge >= 0.3 is 0 Å². The van der Waals surface area contributed by atoms with Crippen LogP contribution in [-0.4, -0.2) is 45.0 Å². The van der Waals surface area contributed by atoms with Gasteiger partial charge in [-0.1, -0.05) is 12.2 Å². The number of hydrogen-bond acceptors (Lipinski definition) is 3. The minimum Gasteiger partial charge on any atom is -0.356 e. The summed E-state index contributed by atoms with van der Waals surface area (Å²) >= 11 is 0. The molecule has 1 amide bonds. The molecule has 104 valence electrons. The Morgan fingerprint density at radius 1 is 1.44 bits per heavy atom. The molecular weight excluding hydrogens is 252 g/mol. The fourth-order valence-corrected chi connectivity index (χ4v) is 2.32. The van der Waals surface area contributed by atoms with Gasteiger partial charge in [-0.2, -0.15) is 0 Å². The Kier molecular flexibility index (Phi) is 5.81. The van der Waals surface area contributed by atoms with Gasteiger partial charge in [0, 0.05) is 26.1 Å². The lowest BCUT2D eigenvalue weighted by Gasteiger charge is -2.18. The molecule has 1 rings (SSSR count). The Balaban J connectivity index is 2.18. The quantitative estimate of drug-likeness (QED) is 0.574. The molecule has 0 aromatic rings. The summed E-state index contributed by atoms with van der Waals surface area (Å²) < 4.78 is 23.6. The summed E-state index contributed by atoms with van der Waals surface area (Å²) in [7, 11) is -1.57. The fourth-order valence-electron chi connectivity index (χ4n) is 1.86. The Morgan fingerprint density at radius 3 is 2.72 bits per heavy atom. The third-order valence-electron chi connectivity index (χ3n) is 3.16. The first kappa shape index (κ1) is 15.2. The lowest BCUT2D eigenvalue weighted by Crippen LogP contribution is -2.34. The summed E-state index contributed by atoms with van der Waals surface area (Å²) in [6.45, 7) is 0.961. The van der Waals surface area contributed by atoms with Gasteiger partial charge in [0.2, 0.25) is 15.9 Å². The number of allylic oxidation sites excluding steroid dienone is 2. The molecule has 0 bridgehead atoms. The first-order valence-corrected chi connectivity index (χ1v) is 8.10. The largest absolute Gasteiger partial charge is 0.356 e. The smallest absolute Gasteiger partial charge is 0.223 e. The molecule has 1 atom stereocenters. The predicted octanol–water partition coefficient (Wildman–Crippen LogP) is 0.740. The maximum absolute atomic E-state index is 11.8. The topological polar surface area (TPSA) is 66.5 Å². The van der Waals surface area contributed by atoms with Gasteiger partial charge in [-0.3, -0.25) is 4.79 Å². The van der Waals surface area contributed by atoms with Crippen molar-refractivity contribution in [1.29, 1.82) is 0 Å². The highest BCUT2D eigenvalue weighted by molar-refractivity contribution is 7.88. The average molecular weight is 274 g/mol. The van der Waals surface area contributed by atoms with E-state index in [9.17, 15) is 13.2 Å². The van der Waals surface area contributed by atoms with E-state index in [-0.39, 0.29) is 11.8 Å². The van der Waals surface area contributed by atoms with Crippen molar-refractivity contribution in [1.82, 2.24) is 9.62 Å². The van der Waals surface area contributed by atoms with E-state index in [1.807, 2.05) is 6.08 Å². The van der Waals surface area contributed by atoms with Crippen molar-refractivity contribution in [2.75, 3.05) is 26.4 Å². The predicted molar refractivity (Wildman–Crippen MR) is 71.6 cm³/mol. The minimum absolute atomic E-state index is 0.0846. The zero-order valence-corrected chi connectivity index (χ0v) is 11.9. The lowest BCUT2D eigenvalue weighted by atomic mass is 9.94. The second kappa shape index (κ2) is 6.89. The van der Waals surface area contributed by atoms with E-state index in [2.05, 4.69) is 11.4 Å². The van der Waals surface area contributed by atoms with Gasteiger partial charge in [0.25, 0.3) is 0 Å². The zero-order valence-electron chi connectivity index (χ0n) is 11.1. The molecule has 0 heterocycles. The summed E-state index contributed by atoms with van der Waals surface area (Å²) in [5, 5.41) is 2.86. The van der Waals surface area contributed by atoms with Crippen LogP contribution in [0.3, 0.4) is 0 Å². The lowest BCUT2D eigenvalue weighted by molar-refractivity contribution is -0.125. The van der Waals surface area contributed by atoms with E-state index in [1.165, 1.54) is 10.6 Å². The highest BCUT2D eigenvalue weighted by Gasteiger charge is 2.18. The van der Waals surface area contributed by atoms with Crippen LogP contribution in [0.25, 0.3) is 0 Å². The van der Waals surface area contributed by atoms with Crippen molar-refractivity contribution in [3.05, 3.63) is 12.2 Å². The molecule has 0 aromatic carbocycles. The van der Waals surface area contributed by atoms with Crippen LogP contribution in [0, 0.1) is 5.92 Å². The van der Waals surface area contributed by atoms with E-state index in [4.69, 9.17) is 0 Å². The first-order chi connectivity index (χ1) is 8.41. The number of carbonyl (C=O) groups excluding carboxylic acids is 1. The third-order valence-corrected chi connectivity index (χ3v) is 4.47. The molecule has 0 saturated carbocycles. The summed E-state index contributed by atoms with van der Waals surface area (Å²) in [5.41, 5.74) is 0. The number of nitrogens with one attached hydrogen (secondary N) is 1. The molecular formula is C12H22N2O3S. The second-order valence-electron chi connectivity index (χ2n) is 4.71. The molecule has 0 saturated heterocycles. The standard InChI is InChI=1S/C12H22N2O3S/c1-14(18(2,16)17)10-6-9-13-12(15)11-7-4-3-5-8-11/h3-4,11H,5-10H2,1-2H3,(H,13,15). The Labute approximate surface area is 109 Å². The fraction of sp³-hybridized carbons (Fsp3) is 0.750. The number of nitrogens with zero attached hydrogens (tertiary/aromatic N) is 1. The molecule has 5 nitrogen and oxygen atoms in total. The zero-order chi connectivity index (χ0) is 13.6. The van der Waals surface area contributed by atoms with Crippen molar-refractivity contribution < 1.29 is 13.2 Å². The summed E-state index contributed by atoms with van der Waals surface area (Å²) in [6.07, 6.45) is 8.66. The Morgan fingerprint density at radius 2 is 2.17 bits per heavy atom. The van der Waals surface area contributed by atoms with Crippen LogP contribution < -0.4 is 5.32 Å². The molecule has 18 heavy (non-hydrogen) atoms. The van der Waals surface area contributed by atoms with Crippen molar-refractivity contribution in [2.45, 2.75) is 25.7 Å². The van der Waals surface area contributed by atoms with Crippen molar-refractivity contribution in [3.63, 3.8) is 0 Å². The normalized spacial score (nSPS) is 20.1. The molecule has 0 radical (unpaired) electrons. The van der Waals surface area contributed by atoms with Gasteiger partial charge in [-0.25, -0.2) is 12.7 Å². The van der Waals surface area contributed by atoms with Gasteiger partial charge in [0.05, 0.1) is 6.26 Å². The van der Waals surface area contributed by atoms with E-state index in [0.29, 0.717) is 19.5 Å². The summed E-state index contributed by atoms with van der Waals surface area (Å²) in [5.74, 6) is 0.170. The molecule has 0 aliphatic heterocycles. The highest BCUT2D eigenvalue weighted by Crippen LogP contribution is 2.17. The van der Waals surface area contributed by atoms with Crippen molar-refractivity contribution >= 4 is 15.9 Å². The monoisotopic (exact) mass is 274 g/mol. The number of rotatable bonds is 6. The molecule has 1 aliphatic rings. The molecule has 1 N–H and O–H groups in total. The minimum atomic E-state index is -3.11. The average Bonchev–Trinajstić information content (AvgIpc) is 2.34. The second-order valence-corrected chi connectivity index (χ2v) is 6.80. The van der Waals surface area contributed by atoms with Crippen LogP contribution in [0.5, 0.6) is 0 Å². The molecule has 1 unspecified atom stereocenters. The van der Waals surface area contributed by atoms with Crippen LogP contribution >= 0.6 is 0 Å². The first-order valence-electron chi connectivity index (χ1n) is 6.25. The van der Waals surface area contributed by atoms with Crippen LogP contribution in [0.4, 0.5) is 0 Å². The maximum atomic E-state index is 11.8. The number of hydrogen-bond donors (Lipinski definition) is 1. The number of amides is 1. The van der Waals surface area contributed by atoms with E-state index < -0.39 is 10.0 Å². The summed E-state index contributed by atoms with van der Waals surface area (Å²) in [6, 6.07) is 0. The van der Waals surface area contributed by atoms with Gasteiger partial charge < -0.3 is 5.32 Å². The molecule has 0 spiro atoms. The SMILES string of the molecule is CN(CCCNC(=O)C1CC=CCC1)S(C)(=O)=O. The summed E-state index contributed by atoms with van der Waals surface area (Å²) in [4.78, 5) is 11.8. The van der Waals surface area contributed by atoms with E-state index in [1.54, 1.807) is 7.05 Å². The van der Waals surface area contributed by atoms with Gasteiger partial charge in [0.1, 0.15) is 0 Å². The van der Waals surface area contributed by atoms with Crippen molar-refractivity contribution in [2.24, 2.45) is 5.92 Å². The van der Waals surface area contributed by atoms with Crippen LogP contribution in [0.1, 0.15) is 25.7 Å². The van der Waals surface area contributed by atoms with Gasteiger partial charge in [-0.05, 0) is 25.7 Å². The third kappa shape index (κ3) is 5.18. The van der Waals surface area contributed by atoms with Crippen LogP contribution in [-0.2, 0) is 14.8 Å². The van der Waals surface area contributed by atoms with E-state index in [0.717, 1.165) is 19.3 Å². The van der Waals surface area contributed by atoms with Crippen molar-refractivity contribution in [3.8, 4) is 0 Å². The molecule has 0 aromatic heterocycles. The van der Waals surface area contributed by atoms with E-state index >= 15 is 0 Å². The molecule has 1 aliphatic carbocycles. The van der Waals surface area contributed by atoms with Gasteiger partial charge in [-0.15, -0.1) is 0 Å². The number of carbonyl (C=O) groups is 1. The maximum Gasteiger partial charge on any atom is 0.223 e. The Bertz CT molecular complexity index is 404. The van der Waals surface area contributed by atoms with Crippen LogP contribution in [0.2, 0.25) is 0 Å². The Hall–Kier alpha value is -0.880. The molecule has 6 heteroatoms. The molecule has 0 fully saturated rings. The van der Waals surface area contributed by atoms with Crippen LogP contribution in [0.15, 0.2) is 12.2 Å². The highest BCUT2D eigenvalue weighted by atomic mass is 32.2. The number of sulfonamides is 1.